The molecule has 0 aliphatic heterocycles. The molecule has 130 valence electrons. The van der Waals surface area contributed by atoms with E-state index in [4.69, 9.17) is 4.74 Å². The quantitative estimate of drug-likeness (QED) is 0.761. The van der Waals surface area contributed by atoms with Crippen molar-refractivity contribution in [3.8, 4) is 5.75 Å². The van der Waals surface area contributed by atoms with Crippen LogP contribution in [0.3, 0.4) is 0 Å². The number of fused-ring (bicyclic) bond motifs is 1. The molecule has 0 unspecified atom stereocenters. The van der Waals surface area contributed by atoms with Gasteiger partial charge in [-0.1, -0.05) is 17.9 Å². The Labute approximate surface area is 144 Å². The Morgan fingerprint density at radius 2 is 2.16 bits per heavy atom. The van der Waals surface area contributed by atoms with Crippen molar-refractivity contribution in [1.82, 2.24) is 25.2 Å². The average Bonchev–Trinajstić information content (AvgIpc) is 3.33. The van der Waals surface area contributed by atoms with Gasteiger partial charge in [0.05, 0.1) is 12.7 Å². The summed E-state index contributed by atoms with van der Waals surface area (Å²) in [6.07, 6.45) is 4.74. The molecule has 8 heteroatoms. The number of methoxy groups -OCH3 is 1. The summed E-state index contributed by atoms with van der Waals surface area (Å²) < 4.78 is 7.66. The molecule has 0 saturated heterocycles. The molecular weight excluding hydrogens is 320 g/mol. The molecule has 3 aromatic rings. The Balaban J connectivity index is 1.86. The first-order valence-corrected chi connectivity index (χ1v) is 8.42. The van der Waals surface area contributed by atoms with E-state index in [1.807, 2.05) is 25.1 Å². The maximum Gasteiger partial charge on any atom is 0.270 e. The second-order valence-corrected chi connectivity index (χ2v) is 6.34. The summed E-state index contributed by atoms with van der Waals surface area (Å²) in [5, 5.41) is 17.0. The standard InChI is InChI=1S/C17H20N6O2/c1-10-15(16(24)18-17-19-21-22-20-17)13-9-12(25-2)7-8-14(13)23(10)11-5-3-4-6-11/h7-9,11H,3-6H2,1-2H3,(H2,18,19,20,21,22,24). The number of hydrogen-bond acceptors (Lipinski definition) is 5. The van der Waals surface area contributed by atoms with Gasteiger partial charge in [0.25, 0.3) is 11.9 Å². The van der Waals surface area contributed by atoms with Gasteiger partial charge < -0.3 is 9.30 Å². The smallest absolute Gasteiger partial charge is 0.270 e. The number of aromatic amines is 1. The van der Waals surface area contributed by atoms with E-state index in [1.54, 1.807) is 7.11 Å². The van der Waals surface area contributed by atoms with E-state index >= 15 is 0 Å². The predicted octanol–water partition coefficient (Wildman–Crippen LogP) is 2.84. The molecular formula is C17H20N6O2. The number of anilines is 1. The van der Waals surface area contributed by atoms with Crippen molar-refractivity contribution in [3.05, 3.63) is 29.5 Å². The first-order valence-electron chi connectivity index (χ1n) is 8.42. The third kappa shape index (κ3) is 2.63. The SMILES string of the molecule is COc1ccc2c(c1)c(C(=O)Nc1nn[nH]n1)c(C)n2C1CCCC1. The second-order valence-electron chi connectivity index (χ2n) is 6.34. The van der Waals surface area contributed by atoms with Crippen LogP contribution in [0.5, 0.6) is 5.75 Å². The van der Waals surface area contributed by atoms with Crippen LogP contribution in [0.15, 0.2) is 18.2 Å². The predicted molar refractivity (Wildman–Crippen MR) is 92.9 cm³/mol. The lowest BCUT2D eigenvalue weighted by molar-refractivity contribution is 0.102. The van der Waals surface area contributed by atoms with Gasteiger partial charge in [0.2, 0.25) is 0 Å². The number of rotatable bonds is 4. The molecule has 2 heterocycles. The number of nitrogens with one attached hydrogen (secondary N) is 2. The lowest BCUT2D eigenvalue weighted by atomic mass is 10.1. The van der Waals surface area contributed by atoms with E-state index in [0.29, 0.717) is 11.6 Å². The summed E-state index contributed by atoms with van der Waals surface area (Å²) in [5.41, 5.74) is 2.64. The Morgan fingerprint density at radius 3 is 2.84 bits per heavy atom. The van der Waals surface area contributed by atoms with Crippen LogP contribution in [0.2, 0.25) is 0 Å². The van der Waals surface area contributed by atoms with Gasteiger partial charge in [0, 0.05) is 22.6 Å². The maximum absolute atomic E-state index is 12.9. The Hall–Kier alpha value is -2.90. The molecule has 0 spiro atoms. The van der Waals surface area contributed by atoms with Crippen LogP contribution >= 0.6 is 0 Å². The number of amides is 1. The highest BCUT2D eigenvalue weighted by molar-refractivity contribution is 6.13. The second kappa shape index (κ2) is 6.19. The fourth-order valence-electron chi connectivity index (χ4n) is 3.85. The van der Waals surface area contributed by atoms with Crippen molar-refractivity contribution in [2.75, 3.05) is 12.4 Å². The van der Waals surface area contributed by atoms with E-state index in [1.165, 1.54) is 12.8 Å². The van der Waals surface area contributed by atoms with Crippen molar-refractivity contribution in [3.63, 3.8) is 0 Å². The molecule has 2 N–H and O–H groups in total. The van der Waals surface area contributed by atoms with E-state index in [-0.39, 0.29) is 11.9 Å². The molecule has 4 rings (SSSR count). The zero-order valence-corrected chi connectivity index (χ0v) is 14.2. The van der Waals surface area contributed by atoms with Crippen LogP contribution in [-0.2, 0) is 0 Å². The van der Waals surface area contributed by atoms with Crippen LogP contribution in [0, 0.1) is 6.92 Å². The van der Waals surface area contributed by atoms with Gasteiger partial charge in [-0.25, -0.2) is 0 Å². The lowest BCUT2D eigenvalue weighted by Crippen LogP contribution is -2.15. The zero-order chi connectivity index (χ0) is 17.4. The van der Waals surface area contributed by atoms with Crippen molar-refractivity contribution >= 4 is 22.8 Å². The number of H-pyrrole nitrogens is 1. The summed E-state index contributed by atoms with van der Waals surface area (Å²) in [7, 11) is 1.63. The number of carbonyl (C=O) groups is 1. The molecule has 25 heavy (non-hydrogen) atoms. The number of carbonyl (C=O) groups excluding carboxylic acids is 1. The number of nitrogens with zero attached hydrogens (tertiary/aromatic N) is 4. The van der Waals surface area contributed by atoms with Gasteiger partial charge in [0.15, 0.2) is 0 Å². The van der Waals surface area contributed by atoms with E-state index < -0.39 is 0 Å². The number of benzene rings is 1. The van der Waals surface area contributed by atoms with Crippen molar-refractivity contribution in [2.24, 2.45) is 0 Å². The van der Waals surface area contributed by atoms with Crippen LogP contribution < -0.4 is 10.1 Å². The third-order valence-electron chi connectivity index (χ3n) is 4.94. The minimum atomic E-state index is -0.242. The van der Waals surface area contributed by atoms with Gasteiger partial charge in [-0.05, 0) is 43.2 Å². The molecule has 0 atom stereocenters. The number of hydrogen-bond donors (Lipinski definition) is 2. The molecule has 1 amide bonds. The molecule has 1 aromatic carbocycles. The molecule has 1 aliphatic carbocycles. The fourth-order valence-corrected chi connectivity index (χ4v) is 3.85. The number of tetrazole rings is 1. The Bertz CT molecular complexity index is 909. The first-order chi connectivity index (χ1) is 12.2. The highest BCUT2D eigenvalue weighted by Crippen LogP contribution is 2.38. The maximum atomic E-state index is 12.9. The Morgan fingerprint density at radius 1 is 1.36 bits per heavy atom. The number of ether oxygens (including phenoxy) is 1. The van der Waals surface area contributed by atoms with Crippen molar-refractivity contribution < 1.29 is 9.53 Å². The zero-order valence-electron chi connectivity index (χ0n) is 14.2. The molecule has 8 nitrogen and oxygen atoms in total. The molecule has 1 aliphatic rings. The van der Waals surface area contributed by atoms with Crippen LogP contribution in [0.4, 0.5) is 5.95 Å². The summed E-state index contributed by atoms with van der Waals surface area (Å²) in [6, 6.07) is 6.32. The lowest BCUT2D eigenvalue weighted by Gasteiger charge is -2.16. The summed E-state index contributed by atoms with van der Waals surface area (Å²) in [5.74, 6) is 0.646. The number of aromatic nitrogens is 5. The normalized spacial score (nSPS) is 15.0. The van der Waals surface area contributed by atoms with Crippen LogP contribution in [0.25, 0.3) is 10.9 Å². The van der Waals surface area contributed by atoms with Crippen LogP contribution in [-0.4, -0.2) is 38.2 Å². The van der Waals surface area contributed by atoms with Crippen LogP contribution in [0.1, 0.15) is 47.8 Å². The minimum absolute atomic E-state index is 0.161. The van der Waals surface area contributed by atoms with Gasteiger partial charge in [-0.3, -0.25) is 10.1 Å². The molecule has 2 aromatic heterocycles. The van der Waals surface area contributed by atoms with Gasteiger partial charge in [0.1, 0.15) is 5.75 Å². The first kappa shape index (κ1) is 15.6. The van der Waals surface area contributed by atoms with E-state index in [0.717, 1.165) is 35.2 Å². The average molecular weight is 340 g/mol. The summed E-state index contributed by atoms with van der Waals surface area (Å²) in [6.45, 7) is 2.00. The van der Waals surface area contributed by atoms with Crippen molar-refractivity contribution in [1.29, 1.82) is 0 Å². The monoisotopic (exact) mass is 340 g/mol. The highest BCUT2D eigenvalue weighted by Gasteiger charge is 2.26. The van der Waals surface area contributed by atoms with Gasteiger partial charge >= 0.3 is 0 Å². The largest absolute Gasteiger partial charge is 0.497 e. The minimum Gasteiger partial charge on any atom is -0.497 e. The van der Waals surface area contributed by atoms with E-state index in [2.05, 4.69) is 30.5 Å². The topological polar surface area (TPSA) is 97.7 Å². The van der Waals surface area contributed by atoms with Gasteiger partial charge in [-0.2, -0.15) is 5.21 Å². The summed E-state index contributed by atoms with van der Waals surface area (Å²) >= 11 is 0. The Kier molecular flexibility index (Phi) is 3.87. The highest BCUT2D eigenvalue weighted by atomic mass is 16.5. The molecule has 0 bridgehead atoms. The molecule has 1 fully saturated rings. The van der Waals surface area contributed by atoms with E-state index in [9.17, 15) is 4.79 Å². The third-order valence-corrected chi connectivity index (χ3v) is 4.94. The molecule has 1 saturated carbocycles. The van der Waals surface area contributed by atoms with Crippen molar-refractivity contribution in [2.45, 2.75) is 38.6 Å². The van der Waals surface area contributed by atoms with Gasteiger partial charge in [-0.15, -0.1) is 5.10 Å². The summed E-state index contributed by atoms with van der Waals surface area (Å²) in [4.78, 5) is 12.9. The fraction of sp³-hybridized carbons (Fsp3) is 0.412. The molecule has 0 radical (unpaired) electrons.